The van der Waals surface area contributed by atoms with E-state index in [2.05, 4.69) is 10.3 Å². The molecule has 0 saturated heterocycles. The minimum Gasteiger partial charge on any atom is -0.494 e. The Hall–Kier alpha value is -2.04. The summed E-state index contributed by atoms with van der Waals surface area (Å²) in [6.45, 7) is 2.04. The summed E-state index contributed by atoms with van der Waals surface area (Å²) in [6.07, 6.45) is 2.51. The lowest BCUT2D eigenvalue weighted by molar-refractivity contribution is -0.118. The van der Waals surface area contributed by atoms with Gasteiger partial charge in [-0.2, -0.15) is 0 Å². The van der Waals surface area contributed by atoms with Gasteiger partial charge in [0, 0.05) is 36.6 Å². The van der Waals surface area contributed by atoms with Crippen molar-refractivity contribution in [3.8, 4) is 5.75 Å². The van der Waals surface area contributed by atoms with Gasteiger partial charge in [-0.05, 0) is 18.1 Å². The van der Waals surface area contributed by atoms with Gasteiger partial charge in [0.25, 0.3) is 0 Å². The molecule has 18 heavy (non-hydrogen) atoms. The molecule has 0 aliphatic rings. The molecule has 0 bridgehead atoms. The highest BCUT2D eigenvalue weighted by Crippen LogP contribution is 2.26. The van der Waals surface area contributed by atoms with E-state index in [9.17, 15) is 9.18 Å². The molecule has 0 atom stereocenters. The summed E-state index contributed by atoms with van der Waals surface area (Å²) >= 11 is 0. The number of carbonyl (C=O) groups excluding carboxylic acids is 1. The maximum Gasteiger partial charge on any atom is 0.216 e. The zero-order valence-electron chi connectivity index (χ0n) is 10.3. The van der Waals surface area contributed by atoms with Gasteiger partial charge in [0.2, 0.25) is 5.91 Å². The van der Waals surface area contributed by atoms with E-state index in [1.54, 1.807) is 6.07 Å². The van der Waals surface area contributed by atoms with Crippen LogP contribution in [0.25, 0.3) is 10.9 Å². The quantitative estimate of drug-likeness (QED) is 0.870. The first-order valence-corrected chi connectivity index (χ1v) is 5.69. The van der Waals surface area contributed by atoms with Gasteiger partial charge in [-0.3, -0.25) is 4.79 Å². The zero-order valence-corrected chi connectivity index (χ0v) is 10.3. The van der Waals surface area contributed by atoms with Crippen LogP contribution in [-0.2, 0) is 11.2 Å². The van der Waals surface area contributed by atoms with Gasteiger partial charge in [0.05, 0.1) is 7.11 Å². The van der Waals surface area contributed by atoms with Crippen LogP contribution in [0.2, 0.25) is 0 Å². The highest BCUT2D eigenvalue weighted by atomic mass is 19.1. The van der Waals surface area contributed by atoms with Crippen LogP contribution in [0.3, 0.4) is 0 Å². The normalized spacial score (nSPS) is 10.6. The summed E-state index contributed by atoms with van der Waals surface area (Å²) in [4.78, 5) is 13.8. The number of benzene rings is 1. The average Bonchev–Trinajstić information content (AvgIpc) is 2.70. The number of fused-ring (bicyclic) bond motifs is 1. The number of ether oxygens (including phenoxy) is 1. The molecule has 2 rings (SSSR count). The van der Waals surface area contributed by atoms with Crippen molar-refractivity contribution in [3.05, 3.63) is 29.7 Å². The van der Waals surface area contributed by atoms with E-state index < -0.39 is 0 Å². The minimum atomic E-state index is -0.389. The predicted molar refractivity (Wildman–Crippen MR) is 67.2 cm³/mol. The number of amides is 1. The van der Waals surface area contributed by atoms with Crippen LogP contribution < -0.4 is 10.1 Å². The van der Waals surface area contributed by atoms with Crippen molar-refractivity contribution >= 4 is 16.8 Å². The topological polar surface area (TPSA) is 54.1 Å². The third-order valence-electron chi connectivity index (χ3n) is 2.81. The van der Waals surface area contributed by atoms with Gasteiger partial charge in [-0.25, -0.2) is 4.39 Å². The largest absolute Gasteiger partial charge is 0.494 e. The molecular formula is C13H15FN2O2. The second kappa shape index (κ2) is 5.08. The molecule has 5 heteroatoms. The number of halogens is 1. The number of carbonyl (C=O) groups is 1. The minimum absolute atomic E-state index is 0.0570. The summed E-state index contributed by atoms with van der Waals surface area (Å²) in [6, 6.07) is 3.08. The molecule has 4 nitrogen and oxygen atoms in total. The molecule has 0 spiro atoms. The summed E-state index contributed by atoms with van der Waals surface area (Å²) < 4.78 is 18.4. The predicted octanol–water partition coefficient (Wildman–Crippen LogP) is 1.99. The SMILES string of the molecule is COc1cc2c(CCN[11C](C)=O)c[nH]c2cc1F. The second-order valence-electron chi connectivity index (χ2n) is 4.08. The highest BCUT2D eigenvalue weighted by Gasteiger charge is 2.09. The molecule has 1 aromatic heterocycles. The molecule has 0 fully saturated rings. The summed E-state index contributed by atoms with van der Waals surface area (Å²) in [5, 5.41) is 3.65. The Kier molecular flexibility index (Phi) is 3.50. The smallest absolute Gasteiger partial charge is 0.216 e. The van der Waals surface area contributed by atoms with Gasteiger partial charge in [-0.1, -0.05) is 0 Å². The van der Waals surface area contributed by atoms with Gasteiger partial charge >= 0.3 is 0 Å². The van der Waals surface area contributed by atoms with Crippen LogP contribution >= 0.6 is 0 Å². The molecule has 0 unspecified atom stereocenters. The standard InChI is InChI=1S/C13H15FN2O2/c1-8(17)15-4-3-9-7-16-12-6-11(14)13(18-2)5-10(9)12/h5-7,16H,3-4H2,1-2H3,(H,15,17)/i8-1. The Morgan fingerprint density at radius 2 is 2.28 bits per heavy atom. The Labute approximate surface area is 104 Å². The van der Waals surface area contributed by atoms with Gasteiger partial charge < -0.3 is 15.0 Å². The van der Waals surface area contributed by atoms with Crippen molar-refractivity contribution in [2.24, 2.45) is 0 Å². The Morgan fingerprint density at radius 1 is 1.50 bits per heavy atom. The van der Waals surface area contributed by atoms with Crippen LogP contribution in [0, 0.1) is 5.82 Å². The summed E-state index contributed by atoms with van der Waals surface area (Å²) in [7, 11) is 1.44. The van der Waals surface area contributed by atoms with Gasteiger partial charge in [0.15, 0.2) is 11.6 Å². The first kappa shape index (κ1) is 12.4. The van der Waals surface area contributed by atoms with Crippen LogP contribution in [0.5, 0.6) is 5.75 Å². The Bertz CT molecular complexity index is 578. The summed E-state index contributed by atoms with van der Waals surface area (Å²) in [5.74, 6) is -0.221. The number of hydrogen-bond acceptors (Lipinski definition) is 2. The lowest BCUT2D eigenvalue weighted by Gasteiger charge is -2.04. The fraction of sp³-hybridized carbons (Fsp3) is 0.308. The molecule has 1 heterocycles. The lowest BCUT2D eigenvalue weighted by atomic mass is 10.1. The number of nitrogens with one attached hydrogen (secondary N) is 2. The van der Waals surface area contributed by atoms with Gasteiger partial charge in [0.1, 0.15) is 0 Å². The molecular weight excluding hydrogens is 234 g/mol. The molecule has 0 radical (unpaired) electrons. The first-order valence-electron chi connectivity index (χ1n) is 5.69. The van der Waals surface area contributed by atoms with E-state index in [0.717, 1.165) is 16.5 Å². The molecule has 2 aromatic rings. The molecule has 96 valence electrons. The van der Waals surface area contributed by atoms with E-state index in [0.29, 0.717) is 13.0 Å². The number of rotatable bonds is 4. The maximum atomic E-state index is 13.5. The molecule has 0 aliphatic heterocycles. The first-order chi connectivity index (χ1) is 8.61. The van der Waals surface area contributed by atoms with Crippen molar-refractivity contribution < 1.29 is 13.9 Å². The fourth-order valence-electron chi connectivity index (χ4n) is 1.92. The van der Waals surface area contributed by atoms with E-state index in [1.165, 1.54) is 20.1 Å². The van der Waals surface area contributed by atoms with Crippen molar-refractivity contribution in [3.63, 3.8) is 0 Å². The van der Waals surface area contributed by atoms with E-state index >= 15 is 0 Å². The molecule has 1 amide bonds. The second-order valence-corrected chi connectivity index (χ2v) is 4.08. The Morgan fingerprint density at radius 3 is 2.94 bits per heavy atom. The maximum absolute atomic E-state index is 13.5. The fourth-order valence-corrected chi connectivity index (χ4v) is 1.92. The van der Waals surface area contributed by atoms with Crippen LogP contribution in [0.15, 0.2) is 18.3 Å². The van der Waals surface area contributed by atoms with E-state index in [-0.39, 0.29) is 17.5 Å². The molecule has 0 saturated carbocycles. The van der Waals surface area contributed by atoms with Crippen molar-refractivity contribution in [1.29, 1.82) is 0 Å². The van der Waals surface area contributed by atoms with Crippen LogP contribution in [0.1, 0.15) is 12.5 Å². The van der Waals surface area contributed by atoms with Crippen molar-refractivity contribution in [2.45, 2.75) is 13.3 Å². The van der Waals surface area contributed by atoms with Crippen molar-refractivity contribution in [1.82, 2.24) is 10.3 Å². The number of H-pyrrole nitrogens is 1. The highest BCUT2D eigenvalue weighted by molar-refractivity contribution is 5.85. The number of aromatic nitrogens is 1. The number of methoxy groups -OCH3 is 1. The third kappa shape index (κ3) is 2.45. The zero-order chi connectivity index (χ0) is 13.1. The Balaban J connectivity index is 2.26. The van der Waals surface area contributed by atoms with Crippen LogP contribution in [-0.4, -0.2) is 24.5 Å². The molecule has 2 N–H and O–H groups in total. The molecule has 0 aliphatic carbocycles. The van der Waals surface area contributed by atoms with Crippen LogP contribution in [0.4, 0.5) is 4.39 Å². The monoisotopic (exact) mass is 249 g/mol. The lowest BCUT2D eigenvalue weighted by Crippen LogP contribution is -2.22. The third-order valence-corrected chi connectivity index (χ3v) is 2.81. The van der Waals surface area contributed by atoms with Crippen molar-refractivity contribution in [2.75, 3.05) is 13.7 Å². The molecule has 1 aromatic carbocycles. The summed E-state index contributed by atoms with van der Waals surface area (Å²) in [5.41, 5.74) is 1.75. The van der Waals surface area contributed by atoms with E-state index in [4.69, 9.17) is 4.74 Å². The van der Waals surface area contributed by atoms with E-state index in [1.807, 2.05) is 6.20 Å². The van der Waals surface area contributed by atoms with Gasteiger partial charge in [-0.15, -0.1) is 0 Å². The number of hydrogen-bond donors (Lipinski definition) is 2. The average molecular weight is 249 g/mol. The number of aromatic amines is 1.